The molecule has 0 fully saturated rings. The number of carbonyl (C=O) groups excluding carboxylic acids is 1. The fraction of sp³-hybridized carbons (Fsp3) is 0.833. The summed E-state index contributed by atoms with van der Waals surface area (Å²) in [6.07, 6.45) is 5.59. The van der Waals surface area contributed by atoms with E-state index in [2.05, 4.69) is 57.4 Å². The molecular weight excluding hydrogens is 521 g/mol. The van der Waals surface area contributed by atoms with Crippen molar-refractivity contribution in [1.29, 1.82) is 21.0 Å². The predicted molar refractivity (Wildman–Crippen MR) is 160 cm³/mol. The lowest BCUT2D eigenvalue weighted by atomic mass is 9.72. The fourth-order valence-corrected chi connectivity index (χ4v) is 14.3. The standard InChI is InChI=1S/C30H52N4O3Si2/c1-9-12-15-38(5,6)37-39(7,8)16-13-14-36-29(35)30(4,19-26(11-3)22-32)20-28(24-34)18-27(23-33)17-25(10-2)21-31/h25-28H,9-20H2,1-8H3. The first-order valence-corrected chi connectivity index (χ1v) is 20.9. The van der Waals surface area contributed by atoms with Gasteiger partial charge in [-0.05, 0) is 90.1 Å². The monoisotopic (exact) mass is 572 g/mol. The molecule has 0 aliphatic rings. The van der Waals surface area contributed by atoms with Crippen LogP contribution in [0.3, 0.4) is 0 Å². The summed E-state index contributed by atoms with van der Waals surface area (Å²) < 4.78 is 12.4. The molecule has 9 heteroatoms. The Balaban J connectivity index is 5.39. The van der Waals surface area contributed by atoms with Gasteiger partial charge in [-0.2, -0.15) is 21.0 Å². The molecule has 0 saturated carbocycles. The molecule has 0 aromatic heterocycles. The maximum Gasteiger partial charge on any atom is 0.311 e. The van der Waals surface area contributed by atoms with Crippen molar-refractivity contribution in [2.24, 2.45) is 29.1 Å². The van der Waals surface area contributed by atoms with E-state index in [1.54, 1.807) is 6.92 Å². The van der Waals surface area contributed by atoms with Gasteiger partial charge in [-0.1, -0.05) is 33.6 Å². The van der Waals surface area contributed by atoms with Crippen LogP contribution in [0.4, 0.5) is 0 Å². The van der Waals surface area contributed by atoms with Gasteiger partial charge in [0.1, 0.15) is 0 Å². The van der Waals surface area contributed by atoms with Crippen LogP contribution in [-0.2, 0) is 13.6 Å². The SMILES string of the molecule is CCCC[Si](C)(C)O[Si](C)(C)CCCOC(=O)C(C)(CC(C#N)CC)CC(C#N)CC(C#N)CC(C#N)CC. The minimum Gasteiger partial charge on any atom is -0.465 e. The van der Waals surface area contributed by atoms with Crippen molar-refractivity contribution in [3.05, 3.63) is 0 Å². The number of nitrogens with zero attached hydrogens (tertiary/aromatic N) is 4. The van der Waals surface area contributed by atoms with Gasteiger partial charge in [-0.15, -0.1) is 0 Å². The third-order valence-corrected chi connectivity index (χ3v) is 15.1. The molecule has 0 spiro atoms. The van der Waals surface area contributed by atoms with Gasteiger partial charge in [0.05, 0.1) is 36.3 Å². The van der Waals surface area contributed by atoms with Gasteiger partial charge in [0.2, 0.25) is 0 Å². The summed E-state index contributed by atoms with van der Waals surface area (Å²) in [6, 6.07) is 11.1. The number of esters is 1. The van der Waals surface area contributed by atoms with Crippen LogP contribution < -0.4 is 0 Å². The molecule has 0 saturated heterocycles. The van der Waals surface area contributed by atoms with E-state index in [-0.39, 0.29) is 30.8 Å². The topological polar surface area (TPSA) is 131 Å². The van der Waals surface area contributed by atoms with Gasteiger partial charge < -0.3 is 8.85 Å². The molecule has 39 heavy (non-hydrogen) atoms. The third kappa shape index (κ3) is 14.7. The first-order chi connectivity index (χ1) is 18.2. The van der Waals surface area contributed by atoms with Crippen LogP contribution in [0, 0.1) is 74.4 Å². The normalized spacial score (nSPS) is 16.3. The molecule has 0 aromatic rings. The number of unbranched alkanes of at least 4 members (excludes halogenated alkanes) is 1. The third-order valence-electron chi connectivity index (χ3n) is 7.58. The Morgan fingerprint density at radius 3 is 1.67 bits per heavy atom. The summed E-state index contributed by atoms with van der Waals surface area (Å²) in [6.45, 7) is 17.1. The molecule has 218 valence electrons. The smallest absolute Gasteiger partial charge is 0.311 e. The summed E-state index contributed by atoms with van der Waals surface area (Å²) in [5.74, 6) is -1.92. The quantitative estimate of drug-likeness (QED) is 0.0818. The molecule has 5 unspecified atom stereocenters. The van der Waals surface area contributed by atoms with Crippen LogP contribution in [0.5, 0.6) is 0 Å². The van der Waals surface area contributed by atoms with Crippen molar-refractivity contribution >= 4 is 22.6 Å². The Kier molecular flexibility index (Phi) is 17.2. The van der Waals surface area contributed by atoms with E-state index < -0.39 is 33.9 Å². The molecule has 7 nitrogen and oxygen atoms in total. The second-order valence-corrected chi connectivity index (χ2v) is 21.4. The van der Waals surface area contributed by atoms with Gasteiger partial charge in [0.15, 0.2) is 16.6 Å². The molecule has 5 atom stereocenters. The number of hydrogen-bond acceptors (Lipinski definition) is 7. The van der Waals surface area contributed by atoms with Crippen LogP contribution in [0.1, 0.15) is 85.5 Å². The number of hydrogen-bond donors (Lipinski definition) is 0. The van der Waals surface area contributed by atoms with E-state index in [1.807, 2.05) is 13.8 Å². The van der Waals surface area contributed by atoms with Gasteiger partial charge in [-0.3, -0.25) is 4.79 Å². The molecule has 0 rings (SSSR count). The largest absolute Gasteiger partial charge is 0.465 e. The fourth-order valence-electron chi connectivity index (χ4n) is 5.29. The molecule has 0 N–H and O–H groups in total. The Morgan fingerprint density at radius 2 is 1.21 bits per heavy atom. The summed E-state index contributed by atoms with van der Waals surface area (Å²) in [7, 11) is -3.59. The minimum absolute atomic E-state index is 0.225. The average molecular weight is 573 g/mol. The summed E-state index contributed by atoms with van der Waals surface area (Å²) in [5, 5.41) is 38.5. The zero-order chi connectivity index (χ0) is 30.1. The lowest BCUT2D eigenvalue weighted by Crippen LogP contribution is -2.44. The first-order valence-electron chi connectivity index (χ1n) is 14.7. The molecule has 0 bridgehead atoms. The molecule has 0 aliphatic heterocycles. The van der Waals surface area contributed by atoms with Crippen LogP contribution in [-0.4, -0.2) is 29.2 Å². The number of nitriles is 4. The summed E-state index contributed by atoms with van der Waals surface area (Å²) >= 11 is 0. The predicted octanol–water partition coefficient (Wildman–Crippen LogP) is 8.09. The Morgan fingerprint density at radius 1 is 0.744 bits per heavy atom. The van der Waals surface area contributed by atoms with Crippen LogP contribution in [0.25, 0.3) is 0 Å². The van der Waals surface area contributed by atoms with Crippen molar-refractivity contribution in [2.45, 2.75) is 124 Å². The first kappa shape index (κ1) is 36.8. The molecular formula is C30H52N4O3Si2. The molecule has 0 aromatic carbocycles. The molecule has 0 aliphatic carbocycles. The number of rotatable bonds is 20. The second-order valence-electron chi connectivity index (χ2n) is 12.5. The number of ether oxygens (including phenoxy) is 1. The average Bonchev–Trinajstić information content (AvgIpc) is 2.89. The molecule has 0 radical (unpaired) electrons. The minimum atomic E-state index is -1.89. The highest BCUT2D eigenvalue weighted by atomic mass is 28.4. The van der Waals surface area contributed by atoms with E-state index >= 15 is 0 Å². The zero-order valence-electron chi connectivity index (χ0n) is 25.8. The van der Waals surface area contributed by atoms with E-state index in [9.17, 15) is 25.8 Å². The van der Waals surface area contributed by atoms with Crippen molar-refractivity contribution in [2.75, 3.05) is 6.61 Å². The van der Waals surface area contributed by atoms with Crippen molar-refractivity contribution in [1.82, 2.24) is 0 Å². The Labute approximate surface area is 240 Å². The van der Waals surface area contributed by atoms with Gasteiger partial charge in [-0.25, -0.2) is 0 Å². The van der Waals surface area contributed by atoms with Gasteiger partial charge in [0, 0.05) is 23.7 Å². The van der Waals surface area contributed by atoms with E-state index in [4.69, 9.17) is 8.85 Å². The summed E-state index contributed by atoms with van der Waals surface area (Å²) in [4.78, 5) is 13.4. The van der Waals surface area contributed by atoms with E-state index in [1.165, 1.54) is 12.8 Å². The molecule has 0 heterocycles. The Hall–Kier alpha value is -2.18. The van der Waals surface area contributed by atoms with Crippen LogP contribution in [0.15, 0.2) is 0 Å². The Bertz CT molecular complexity index is 913. The highest BCUT2D eigenvalue weighted by Crippen LogP contribution is 2.38. The van der Waals surface area contributed by atoms with Crippen molar-refractivity contribution in [3.8, 4) is 24.3 Å². The maximum atomic E-state index is 13.4. The summed E-state index contributed by atoms with van der Waals surface area (Å²) in [5.41, 5.74) is -1.01. The highest BCUT2D eigenvalue weighted by Gasteiger charge is 2.40. The lowest BCUT2D eigenvalue weighted by molar-refractivity contribution is -0.157. The lowest BCUT2D eigenvalue weighted by Gasteiger charge is -2.34. The maximum absolute atomic E-state index is 13.4. The van der Waals surface area contributed by atoms with Crippen LogP contribution >= 0.6 is 0 Å². The number of carbonyl (C=O) groups is 1. The highest BCUT2D eigenvalue weighted by molar-refractivity contribution is 6.84. The zero-order valence-corrected chi connectivity index (χ0v) is 27.8. The van der Waals surface area contributed by atoms with Gasteiger partial charge >= 0.3 is 5.97 Å². The van der Waals surface area contributed by atoms with Gasteiger partial charge in [0.25, 0.3) is 0 Å². The van der Waals surface area contributed by atoms with E-state index in [0.717, 1.165) is 18.5 Å². The molecule has 0 amide bonds. The van der Waals surface area contributed by atoms with Crippen molar-refractivity contribution < 1.29 is 13.6 Å². The second kappa shape index (κ2) is 18.2. The van der Waals surface area contributed by atoms with Crippen LogP contribution in [0.2, 0.25) is 38.3 Å². The van der Waals surface area contributed by atoms with E-state index in [0.29, 0.717) is 32.1 Å². The van der Waals surface area contributed by atoms with Crippen molar-refractivity contribution in [3.63, 3.8) is 0 Å².